The average Bonchev–Trinajstić information content (AvgIpc) is 3.24. The molecule has 1 spiro atoms. The van der Waals surface area contributed by atoms with Gasteiger partial charge in [-0.2, -0.15) is 0 Å². The topological polar surface area (TPSA) is 68.1 Å². The minimum absolute atomic E-state index is 0.0449. The third kappa shape index (κ3) is 2.22. The summed E-state index contributed by atoms with van der Waals surface area (Å²) in [5.74, 6) is 1.32. The molecule has 0 saturated heterocycles. The number of rotatable bonds is 3. The Morgan fingerprint density at radius 1 is 1.14 bits per heavy atom. The first kappa shape index (κ1) is 17.5. The molecule has 4 unspecified atom stereocenters. The molecular formula is C24H23ClN2O2. The van der Waals surface area contributed by atoms with Gasteiger partial charge in [-0.05, 0) is 67.2 Å². The number of H-pyrrole nitrogens is 1. The van der Waals surface area contributed by atoms with Gasteiger partial charge in [0.1, 0.15) is 11.4 Å². The number of aromatic amines is 1. The third-order valence-electron chi connectivity index (χ3n) is 7.81. The van der Waals surface area contributed by atoms with Gasteiger partial charge in [0.15, 0.2) is 0 Å². The lowest BCUT2D eigenvalue weighted by atomic mass is 9.66. The number of benzene rings is 2. The van der Waals surface area contributed by atoms with Crippen LogP contribution >= 0.6 is 11.6 Å². The number of fused-ring (bicyclic) bond motifs is 2. The summed E-state index contributed by atoms with van der Waals surface area (Å²) in [5.41, 5.74) is 7.55. The SMILES string of the molecule is NC1(c2ccccc2)CCC2CC3(Oc4cc5cc[nH]c(=O)c5cc4Cl)CC31C2. The van der Waals surface area contributed by atoms with Crippen LogP contribution in [0.15, 0.2) is 59.5 Å². The zero-order chi connectivity index (χ0) is 19.9. The van der Waals surface area contributed by atoms with E-state index in [-0.39, 0.29) is 22.1 Å². The quantitative estimate of drug-likeness (QED) is 0.659. The van der Waals surface area contributed by atoms with Crippen molar-refractivity contribution in [3.05, 3.63) is 75.7 Å². The predicted octanol–water partition coefficient (Wildman–Crippen LogP) is 4.75. The molecule has 4 nitrogen and oxygen atoms in total. The van der Waals surface area contributed by atoms with Crippen LogP contribution in [0.2, 0.25) is 5.02 Å². The summed E-state index contributed by atoms with van der Waals surface area (Å²) in [4.78, 5) is 14.8. The molecule has 4 atom stereocenters. The second-order valence-electron chi connectivity index (χ2n) is 9.18. The van der Waals surface area contributed by atoms with Crippen molar-refractivity contribution in [2.45, 2.75) is 43.2 Å². The monoisotopic (exact) mass is 406 g/mol. The normalized spacial score (nSPS) is 34.8. The molecule has 3 aromatic rings. The minimum Gasteiger partial charge on any atom is -0.485 e. The van der Waals surface area contributed by atoms with Gasteiger partial charge in [-0.25, -0.2) is 0 Å². The molecule has 1 heterocycles. The first-order valence-corrected chi connectivity index (χ1v) is 10.7. The van der Waals surface area contributed by atoms with Crippen molar-refractivity contribution < 1.29 is 4.74 Å². The lowest BCUT2D eigenvalue weighted by Gasteiger charge is -2.43. The molecule has 3 saturated carbocycles. The average molecular weight is 407 g/mol. The van der Waals surface area contributed by atoms with Crippen LogP contribution in [0.5, 0.6) is 5.75 Å². The van der Waals surface area contributed by atoms with Gasteiger partial charge in [0, 0.05) is 17.0 Å². The van der Waals surface area contributed by atoms with Gasteiger partial charge in [-0.1, -0.05) is 41.9 Å². The number of pyridine rings is 1. The highest BCUT2D eigenvalue weighted by Crippen LogP contribution is 2.79. The molecule has 3 fully saturated rings. The van der Waals surface area contributed by atoms with Gasteiger partial charge in [-0.15, -0.1) is 0 Å². The van der Waals surface area contributed by atoms with Crippen molar-refractivity contribution in [2.24, 2.45) is 17.1 Å². The summed E-state index contributed by atoms with van der Waals surface area (Å²) < 4.78 is 6.71. The van der Waals surface area contributed by atoms with Crippen LogP contribution in [0.25, 0.3) is 10.8 Å². The van der Waals surface area contributed by atoms with E-state index in [4.69, 9.17) is 22.1 Å². The van der Waals surface area contributed by atoms with Crippen molar-refractivity contribution in [1.29, 1.82) is 0 Å². The highest BCUT2D eigenvalue weighted by atomic mass is 35.5. The fourth-order valence-corrected chi connectivity index (χ4v) is 6.63. The summed E-state index contributed by atoms with van der Waals surface area (Å²) in [6.07, 6.45) is 6.90. The van der Waals surface area contributed by atoms with Crippen molar-refractivity contribution in [2.75, 3.05) is 0 Å². The van der Waals surface area contributed by atoms with E-state index in [1.54, 1.807) is 12.3 Å². The molecule has 3 aliphatic carbocycles. The Labute approximate surface area is 174 Å². The largest absolute Gasteiger partial charge is 0.485 e. The zero-order valence-electron chi connectivity index (χ0n) is 16.1. The molecule has 0 amide bonds. The molecule has 148 valence electrons. The van der Waals surface area contributed by atoms with Crippen molar-refractivity contribution in [1.82, 2.24) is 4.98 Å². The third-order valence-corrected chi connectivity index (χ3v) is 8.11. The smallest absolute Gasteiger partial charge is 0.255 e. The molecule has 29 heavy (non-hydrogen) atoms. The summed E-state index contributed by atoms with van der Waals surface area (Å²) >= 11 is 6.55. The Morgan fingerprint density at radius 2 is 1.97 bits per heavy atom. The van der Waals surface area contributed by atoms with E-state index < -0.39 is 0 Å². The molecule has 1 aromatic heterocycles. The second-order valence-corrected chi connectivity index (χ2v) is 9.59. The molecule has 0 radical (unpaired) electrons. The molecule has 3 N–H and O–H groups in total. The van der Waals surface area contributed by atoms with Crippen LogP contribution in [0.4, 0.5) is 0 Å². The number of hydrogen-bond acceptors (Lipinski definition) is 3. The molecule has 3 aliphatic rings. The maximum atomic E-state index is 12.1. The number of ether oxygens (including phenoxy) is 1. The second kappa shape index (κ2) is 5.65. The van der Waals surface area contributed by atoms with Crippen LogP contribution in [0.3, 0.4) is 0 Å². The highest BCUT2D eigenvalue weighted by molar-refractivity contribution is 6.32. The maximum Gasteiger partial charge on any atom is 0.255 e. The van der Waals surface area contributed by atoms with E-state index in [1.807, 2.05) is 18.2 Å². The van der Waals surface area contributed by atoms with Crippen LogP contribution in [-0.4, -0.2) is 10.6 Å². The minimum atomic E-state index is -0.373. The van der Waals surface area contributed by atoms with Crippen LogP contribution in [0.1, 0.15) is 37.7 Å². The lowest BCUT2D eigenvalue weighted by Crippen LogP contribution is -2.50. The maximum absolute atomic E-state index is 12.1. The van der Waals surface area contributed by atoms with Crippen molar-refractivity contribution in [3.8, 4) is 5.75 Å². The lowest BCUT2D eigenvalue weighted by molar-refractivity contribution is 0.0946. The van der Waals surface area contributed by atoms with E-state index in [0.29, 0.717) is 22.1 Å². The van der Waals surface area contributed by atoms with E-state index in [2.05, 4.69) is 29.2 Å². The van der Waals surface area contributed by atoms with Crippen molar-refractivity contribution in [3.63, 3.8) is 0 Å². The Bertz CT molecular complexity index is 1190. The van der Waals surface area contributed by atoms with E-state index >= 15 is 0 Å². The first-order valence-electron chi connectivity index (χ1n) is 10.3. The van der Waals surface area contributed by atoms with E-state index in [9.17, 15) is 4.79 Å². The van der Waals surface area contributed by atoms with Crippen LogP contribution in [0, 0.1) is 11.3 Å². The standard InChI is InChI=1S/C24H23ClN2O2/c25-19-11-18-16(7-9-27-21(18)28)10-20(19)29-23-13-15-6-8-24(26,22(23,12-15)14-23)17-4-2-1-3-5-17/h1-5,7,9-11,15H,6,8,12-14,26H2,(H,27,28). The summed E-state index contributed by atoms with van der Waals surface area (Å²) in [5, 5.41) is 1.90. The van der Waals surface area contributed by atoms with E-state index in [0.717, 1.165) is 37.5 Å². The molecule has 2 bridgehead atoms. The number of nitrogens with one attached hydrogen (secondary N) is 1. The number of nitrogens with two attached hydrogens (primary N) is 1. The summed E-state index contributed by atoms with van der Waals surface area (Å²) in [7, 11) is 0. The predicted molar refractivity (Wildman–Crippen MR) is 114 cm³/mol. The van der Waals surface area contributed by atoms with Gasteiger partial charge in [0.2, 0.25) is 0 Å². The van der Waals surface area contributed by atoms with Gasteiger partial charge in [0.05, 0.1) is 10.6 Å². The van der Waals surface area contributed by atoms with Gasteiger partial charge < -0.3 is 15.5 Å². The Morgan fingerprint density at radius 3 is 2.79 bits per heavy atom. The molecule has 6 rings (SSSR count). The fourth-order valence-electron chi connectivity index (χ4n) is 6.43. The molecule has 0 aliphatic heterocycles. The Kier molecular flexibility index (Phi) is 3.42. The number of aromatic nitrogens is 1. The zero-order valence-corrected chi connectivity index (χ0v) is 16.8. The fraction of sp³-hybridized carbons (Fsp3) is 0.375. The van der Waals surface area contributed by atoms with E-state index in [1.165, 1.54) is 5.56 Å². The molecular weight excluding hydrogens is 384 g/mol. The van der Waals surface area contributed by atoms with Crippen LogP contribution in [-0.2, 0) is 5.54 Å². The Hall–Kier alpha value is -2.30. The Balaban J connectivity index is 1.42. The molecule has 5 heteroatoms. The summed E-state index contributed by atoms with van der Waals surface area (Å²) in [6.45, 7) is 0. The number of hydrogen-bond donors (Lipinski definition) is 2. The summed E-state index contributed by atoms with van der Waals surface area (Å²) in [6, 6.07) is 16.0. The van der Waals surface area contributed by atoms with Gasteiger partial charge in [0.25, 0.3) is 5.56 Å². The number of halogens is 1. The molecule has 2 aromatic carbocycles. The highest BCUT2D eigenvalue weighted by Gasteiger charge is 2.82. The van der Waals surface area contributed by atoms with Gasteiger partial charge >= 0.3 is 0 Å². The van der Waals surface area contributed by atoms with Crippen LogP contribution < -0.4 is 16.0 Å². The first-order chi connectivity index (χ1) is 14.0. The van der Waals surface area contributed by atoms with Gasteiger partial charge in [-0.3, -0.25) is 4.79 Å². The van der Waals surface area contributed by atoms with Crippen molar-refractivity contribution >= 4 is 22.4 Å².